The first-order chi connectivity index (χ1) is 39.3. The van der Waals surface area contributed by atoms with Crippen molar-refractivity contribution in [3.05, 3.63) is 312 Å². The Hall–Kier alpha value is 0.312. The minimum atomic E-state index is 0. The number of aryl methyl sites for hydroxylation is 2. The predicted molar refractivity (Wildman–Crippen MR) is 388 cm³/mol. The molecule has 5 radical (unpaired) electrons. The summed E-state index contributed by atoms with van der Waals surface area (Å²) in [5.41, 5.74) is 12.8. The number of fused-ring (bicyclic) bond motifs is 4. The van der Waals surface area contributed by atoms with E-state index in [1.807, 2.05) is 194 Å². The van der Waals surface area contributed by atoms with Gasteiger partial charge in [0.2, 0.25) is 0 Å². The van der Waals surface area contributed by atoms with Crippen LogP contribution in [0.15, 0.2) is 244 Å². The molecule has 0 aliphatic heterocycles. The van der Waals surface area contributed by atoms with Gasteiger partial charge >= 0.3 is 0 Å². The molecule has 11 aromatic rings. The van der Waals surface area contributed by atoms with Crippen molar-refractivity contribution < 1.29 is 255 Å². The maximum absolute atomic E-state index is 4.31. The van der Waals surface area contributed by atoms with E-state index >= 15 is 0 Å². The number of nitrogens with zero attached hydrogens (tertiary/aromatic N) is 4. The van der Waals surface area contributed by atoms with Crippen molar-refractivity contribution >= 4 is 83.9 Å². The van der Waals surface area contributed by atoms with Crippen molar-refractivity contribution in [1.29, 1.82) is 0 Å². The molecule has 0 saturated heterocycles. The molecule has 4 heterocycles. The number of rotatable bonds is 4. The van der Waals surface area contributed by atoms with Crippen molar-refractivity contribution in [3.63, 3.8) is 0 Å². The van der Waals surface area contributed by atoms with Crippen molar-refractivity contribution in [1.82, 2.24) is 19.9 Å². The molecule has 4 nitrogen and oxygen atoms in total. The van der Waals surface area contributed by atoms with Gasteiger partial charge in [-0.05, 0) is 91.4 Å². The normalized spacial score (nSPS) is 8.21. The van der Waals surface area contributed by atoms with E-state index < -0.39 is 0 Å². The van der Waals surface area contributed by atoms with Crippen LogP contribution in [0.3, 0.4) is 0 Å². The van der Waals surface area contributed by atoms with Crippen molar-refractivity contribution in [2.24, 2.45) is 0 Å². The van der Waals surface area contributed by atoms with Crippen LogP contribution in [0.5, 0.6) is 0 Å². The number of halogens is 1. The van der Waals surface area contributed by atoms with Crippen LogP contribution in [0.25, 0.3) is 61.3 Å². The molecule has 0 N–H and O–H groups in total. The number of aromatic nitrogens is 4. The summed E-state index contributed by atoms with van der Waals surface area (Å²) < 4.78 is 0. The van der Waals surface area contributed by atoms with Gasteiger partial charge < -0.3 is 22.6 Å². The second-order valence-electron chi connectivity index (χ2n) is 16.0. The summed E-state index contributed by atoms with van der Waals surface area (Å²) in [6, 6.07) is 77.9. The summed E-state index contributed by atoms with van der Waals surface area (Å²) in [5, 5.41) is 4.58. The Labute approximate surface area is 771 Å². The molecule has 7 aromatic carbocycles. The number of allylic oxidation sites excluding steroid dienone is 4. The molecule has 0 unspecified atom stereocenters. The second-order valence-corrected chi connectivity index (χ2v) is 16.0. The zero-order valence-corrected chi connectivity index (χ0v) is 83.6. The summed E-state index contributed by atoms with van der Waals surface area (Å²) in [4.78, 5) is 20.1. The number of benzene rings is 7. The van der Waals surface area contributed by atoms with Gasteiger partial charge in [0.05, 0.1) is 0 Å². The zero-order chi connectivity index (χ0) is 59.0. The molecule has 0 fully saturated rings. The van der Waals surface area contributed by atoms with Gasteiger partial charge in [-0.25, -0.2) is 48.5 Å². The standard InChI is InChI=1S/C18H14N.C12H10N.2C10H8N.C9H10.C6H5.C3H6.3C2H6.CH2I.4CH4.V.5W.4Y/c1-2-17(14-7-4-3-5-8-14)15-10-11-18-16(13-15)9-6-12-19-18;1-2-4-10-6-7-12-11(9-10)5-3-8-13-12;2*1-8-4-5-10-9(7-8)3-2-6-11-10;1-2-6-9-7-4-3-5-8-9;1-2-4-6-5-3-1;1-3-2;4*1-2;;;;;;;;;;;;;;/h2-5,7-13H,1H3;2,4-9H,1H3;2*3-7H,1H3;2-8H,1H3;1-5H;3H,1H2,2H3;3*1-2H3;1H2;4*1H4;;;;;;;;;;/q4*-1;;-1;;;;;-1;;;;;;;;;;;;;;. The van der Waals surface area contributed by atoms with Gasteiger partial charge in [0.1, 0.15) is 0 Å². The molecule has 0 aliphatic rings. The smallest absolute Gasteiger partial charge is 0 e. The van der Waals surface area contributed by atoms with Crippen molar-refractivity contribution in [3.8, 4) is 0 Å². The molecule has 0 amide bonds. The molecule has 0 spiro atoms. The average Bonchev–Trinajstić information content (AvgIpc) is 0.909. The molecule has 94 heavy (non-hydrogen) atoms. The van der Waals surface area contributed by atoms with E-state index in [0.717, 1.165) is 43.6 Å². The van der Waals surface area contributed by atoms with Crippen LogP contribution in [-0.2, 0) is 255 Å². The van der Waals surface area contributed by atoms with Gasteiger partial charge in [-0.3, -0.25) is 24.9 Å². The van der Waals surface area contributed by atoms with Crippen LogP contribution in [0, 0.1) is 49.1 Å². The molecular formula is C79H97IN4VW5Y4-6. The molecule has 15 heteroatoms. The molecule has 0 aliphatic carbocycles. The first-order valence-electron chi connectivity index (χ1n) is 27.1. The van der Waals surface area contributed by atoms with E-state index in [2.05, 4.69) is 192 Å². The maximum atomic E-state index is 4.31. The third kappa shape index (κ3) is 55.0. The molecule has 0 saturated carbocycles. The van der Waals surface area contributed by atoms with Crippen LogP contribution < -0.4 is 0 Å². The number of hydrogen-bond acceptors (Lipinski definition) is 4. The van der Waals surface area contributed by atoms with E-state index in [1.165, 1.54) is 39.0 Å². The van der Waals surface area contributed by atoms with Crippen LogP contribution in [0.4, 0.5) is 0 Å². The summed E-state index contributed by atoms with van der Waals surface area (Å²) in [7, 11) is 0. The first kappa shape index (κ1) is 127. The van der Waals surface area contributed by atoms with E-state index in [9.17, 15) is 0 Å². The van der Waals surface area contributed by atoms with Crippen molar-refractivity contribution in [2.45, 2.75) is 113 Å². The number of pyridine rings is 4. The Morgan fingerprint density at radius 1 is 0.394 bits per heavy atom. The molecular weight excluding hydrogens is 2460 g/mol. The predicted octanol–water partition coefficient (Wildman–Crippen LogP) is 24.5. The van der Waals surface area contributed by atoms with Crippen LogP contribution in [-0.4, -0.2) is 19.9 Å². The SMILES string of the molecule is C.C.C.C.C=CC.CC.CC.CC.CC=C(c1ccccc1)c1ccc2nc[c-]cc2c1.CC=Cc1ccc2nc[c-]cc2c1.CC=Cc1ccccc1.Cc1ccc2nc[c-]cc2c1.Cc1ccc2nc[c-]cc2c1.[CH2-]I.[V].[W].[W].[W].[W].[W].[Y].[Y].[Y].[Y].[c-]1ccccc1. The summed E-state index contributed by atoms with van der Waals surface area (Å²) in [6.07, 6.45) is 18.9. The molecule has 0 bridgehead atoms. The summed E-state index contributed by atoms with van der Waals surface area (Å²) in [5.74, 6) is 0. The van der Waals surface area contributed by atoms with Gasteiger partial charge in [-0.1, -0.05) is 253 Å². The van der Waals surface area contributed by atoms with Crippen molar-refractivity contribution in [2.75, 3.05) is 0 Å². The van der Waals surface area contributed by atoms with Crippen LogP contribution >= 0.6 is 22.6 Å². The Kier molecular flexibility index (Phi) is 119. The van der Waals surface area contributed by atoms with E-state index in [0.29, 0.717) is 0 Å². The Morgan fingerprint density at radius 3 is 1.03 bits per heavy atom. The molecule has 11 rings (SSSR count). The summed E-state index contributed by atoms with van der Waals surface area (Å²) >= 11 is 1.90. The van der Waals surface area contributed by atoms with Gasteiger partial charge in [0, 0.05) is 255 Å². The third-order valence-electron chi connectivity index (χ3n) is 10.3. The van der Waals surface area contributed by atoms with Crippen LogP contribution in [0.2, 0.25) is 0 Å². The average molecular weight is 2560 g/mol. The molecule has 0 atom stereocenters. The largest absolute Gasteiger partial charge is 0.319 e. The third-order valence-corrected chi connectivity index (χ3v) is 10.3. The van der Waals surface area contributed by atoms with Gasteiger partial charge in [0.15, 0.2) is 0 Å². The second kappa shape index (κ2) is 87.5. The minimum absolute atomic E-state index is 0. The van der Waals surface area contributed by atoms with E-state index in [4.69, 9.17) is 0 Å². The fourth-order valence-electron chi connectivity index (χ4n) is 7.02. The monoisotopic (exact) mass is 2560 g/mol. The Balaban J connectivity index is -0.0000000654. The fourth-order valence-corrected chi connectivity index (χ4v) is 7.02. The quantitative estimate of drug-likeness (QED) is 0.100. The van der Waals surface area contributed by atoms with Crippen LogP contribution in [0.1, 0.15) is 132 Å². The number of hydrogen-bond donors (Lipinski definition) is 0. The van der Waals surface area contributed by atoms with Gasteiger partial charge in [-0.2, -0.15) is 36.4 Å². The summed E-state index contributed by atoms with van der Waals surface area (Å²) in [6.45, 7) is 27.5. The zero-order valence-electron chi connectivity index (χ0n) is 54.1. The Morgan fingerprint density at radius 2 is 0.702 bits per heavy atom. The topological polar surface area (TPSA) is 51.6 Å². The van der Waals surface area contributed by atoms with Gasteiger partial charge in [-0.15, -0.1) is 52.4 Å². The molecule has 4 aromatic heterocycles. The fraction of sp³-hybridized carbons (Fsp3) is 0.203. The Bertz CT molecular complexity index is 3340. The maximum Gasteiger partial charge on any atom is 0 e. The van der Waals surface area contributed by atoms with E-state index in [-0.39, 0.29) is 284 Å². The first-order valence-corrected chi connectivity index (χ1v) is 28.6. The van der Waals surface area contributed by atoms with E-state index in [1.54, 1.807) is 30.9 Å². The minimum Gasteiger partial charge on any atom is -0.319 e. The molecule has 493 valence electrons. The van der Waals surface area contributed by atoms with Gasteiger partial charge in [0.25, 0.3) is 0 Å².